The Labute approximate surface area is 94.8 Å². The minimum Gasteiger partial charge on any atom is -0.508 e. The average Bonchev–Trinajstić information content (AvgIpc) is 2.30. The minimum atomic E-state index is -0.638. The number of benzene rings is 2. The molecule has 0 saturated heterocycles. The highest BCUT2D eigenvalue weighted by Crippen LogP contribution is 2.23. The first-order valence-corrected chi connectivity index (χ1v) is 5.20. The van der Waals surface area contributed by atoms with E-state index in [1.807, 2.05) is 31.2 Å². The van der Waals surface area contributed by atoms with E-state index < -0.39 is 6.10 Å². The maximum Gasteiger partial charge on any atom is 0.115 e. The lowest BCUT2D eigenvalue weighted by atomic mass is 10.0. The quantitative estimate of drug-likeness (QED) is 0.807. The van der Waals surface area contributed by atoms with Gasteiger partial charge in [0.25, 0.3) is 0 Å². The Bertz CT molecular complexity index is 412. The van der Waals surface area contributed by atoms with Gasteiger partial charge in [-0.2, -0.15) is 0 Å². The highest BCUT2D eigenvalue weighted by Gasteiger charge is 2.09. The largest absolute Gasteiger partial charge is 0.508 e. The van der Waals surface area contributed by atoms with Gasteiger partial charge in [0.15, 0.2) is 0 Å². The van der Waals surface area contributed by atoms with Crippen LogP contribution in [0, 0.1) is 6.92 Å². The van der Waals surface area contributed by atoms with Gasteiger partial charge in [0.2, 0.25) is 0 Å². The zero-order valence-corrected chi connectivity index (χ0v) is 9.09. The normalized spacial score (nSPS) is 12.4. The van der Waals surface area contributed by atoms with Gasteiger partial charge in [-0.05, 0) is 30.2 Å². The third kappa shape index (κ3) is 2.23. The lowest BCUT2D eigenvalue weighted by Gasteiger charge is -2.11. The van der Waals surface area contributed by atoms with Crippen LogP contribution in [0.1, 0.15) is 22.8 Å². The summed E-state index contributed by atoms with van der Waals surface area (Å²) < 4.78 is 0. The maximum absolute atomic E-state index is 10.1. The Hall–Kier alpha value is -1.80. The number of aryl methyl sites for hydroxylation is 1. The van der Waals surface area contributed by atoms with E-state index in [-0.39, 0.29) is 5.75 Å². The first kappa shape index (κ1) is 10.7. The number of phenolic OH excluding ortho intramolecular Hbond substituents is 1. The lowest BCUT2D eigenvalue weighted by molar-refractivity contribution is 0.220. The second-order valence-electron chi connectivity index (χ2n) is 3.90. The van der Waals surface area contributed by atoms with E-state index in [4.69, 9.17) is 5.11 Å². The molecule has 0 aliphatic rings. The third-order valence-electron chi connectivity index (χ3n) is 2.60. The summed E-state index contributed by atoms with van der Waals surface area (Å²) in [5.41, 5.74) is 2.81. The van der Waals surface area contributed by atoms with Gasteiger partial charge in [-0.1, -0.05) is 42.0 Å². The van der Waals surface area contributed by atoms with Crippen LogP contribution in [0.2, 0.25) is 0 Å². The molecule has 0 aliphatic heterocycles. The van der Waals surface area contributed by atoms with Gasteiger partial charge in [-0.25, -0.2) is 0 Å². The van der Waals surface area contributed by atoms with Crippen molar-refractivity contribution >= 4 is 0 Å². The molecule has 2 heteroatoms. The second kappa shape index (κ2) is 4.37. The molecule has 0 spiro atoms. The van der Waals surface area contributed by atoms with Crippen molar-refractivity contribution in [3.05, 3.63) is 65.2 Å². The maximum atomic E-state index is 10.1. The molecule has 0 fully saturated rings. The smallest absolute Gasteiger partial charge is 0.115 e. The molecule has 16 heavy (non-hydrogen) atoms. The molecule has 0 aliphatic carbocycles. The molecule has 2 aromatic carbocycles. The van der Waals surface area contributed by atoms with Crippen molar-refractivity contribution in [3.8, 4) is 5.75 Å². The van der Waals surface area contributed by atoms with Gasteiger partial charge < -0.3 is 10.2 Å². The number of aromatic hydroxyl groups is 1. The van der Waals surface area contributed by atoms with Crippen molar-refractivity contribution < 1.29 is 10.2 Å². The molecule has 0 radical (unpaired) electrons. The van der Waals surface area contributed by atoms with Crippen LogP contribution in [0.4, 0.5) is 0 Å². The fraction of sp³-hybridized carbons (Fsp3) is 0.143. The van der Waals surface area contributed by atoms with Gasteiger partial charge in [0.05, 0.1) is 0 Å². The summed E-state index contributed by atoms with van der Waals surface area (Å²) in [7, 11) is 0. The Kier molecular flexibility index (Phi) is 2.93. The number of phenols is 1. The van der Waals surface area contributed by atoms with Crippen molar-refractivity contribution in [3.63, 3.8) is 0 Å². The van der Waals surface area contributed by atoms with E-state index in [9.17, 15) is 5.11 Å². The molecule has 0 heterocycles. The summed E-state index contributed by atoms with van der Waals surface area (Å²) in [5.74, 6) is 0.208. The molecule has 0 bridgehead atoms. The summed E-state index contributed by atoms with van der Waals surface area (Å²) in [6, 6.07) is 14.4. The molecule has 0 amide bonds. The molecule has 82 valence electrons. The zero-order valence-electron chi connectivity index (χ0n) is 9.09. The second-order valence-corrected chi connectivity index (χ2v) is 3.90. The van der Waals surface area contributed by atoms with Crippen LogP contribution in [0.15, 0.2) is 48.5 Å². The molecule has 2 nitrogen and oxygen atoms in total. The zero-order chi connectivity index (χ0) is 11.5. The van der Waals surface area contributed by atoms with Crippen molar-refractivity contribution in [1.82, 2.24) is 0 Å². The van der Waals surface area contributed by atoms with Gasteiger partial charge >= 0.3 is 0 Å². The Morgan fingerprint density at radius 1 is 0.812 bits per heavy atom. The molecule has 0 saturated carbocycles. The van der Waals surface area contributed by atoms with Crippen molar-refractivity contribution in [2.45, 2.75) is 13.0 Å². The molecule has 2 N–H and O–H groups in total. The average molecular weight is 214 g/mol. The minimum absolute atomic E-state index is 0.208. The van der Waals surface area contributed by atoms with E-state index in [0.717, 1.165) is 11.1 Å². The SMILES string of the molecule is Cc1ccc(C(O)c2ccc(O)cc2)cc1. The summed E-state index contributed by atoms with van der Waals surface area (Å²) in [6.45, 7) is 2.01. The summed E-state index contributed by atoms with van der Waals surface area (Å²) in [6.07, 6.45) is -0.638. The van der Waals surface area contributed by atoms with E-state index in [1.54, 1.807) is 24.3 Å². The van der Waals surface area contributed by atoms with Crippen LogP contribution in [0.25, 0.3) is 0 Å². The molecular weight excluding hydrogens is 200 g/mol. The molecule has 1 atom stereocenters. The van der Waals surface area contributed by atoms with E-state index in [1.165, 1.54) is 5.56 Å². The molecule has 2 rings (SSSR count). The number of hydrogen-bond donors (Lipinski definition) is 2. The topological polar surface area (TPSA) is 40.5 Å². The van der Waals surface area contributed by atoms with Gasteiger partial charge in [-0.3, -0.25) is 0 Å². The van der Waals surface area contributed by atoms with Gasteiger partial charge in [-0.15, -0.1) is 0 Å². The van der Waals surface area contributed by atoms with Crippen molar-refractivity contribution in [2.24, 2.45) is 0 Å². The summed E-state index contributed by atoms with van der Waals surface area (Å²) in [5, 5.41) is 19.3. The van der Waals surface area contributed by atoms with Crippen LogP contribution in [0.5, 0.6) is 5.75 Å². The van der Waals surface area contributed by atoms with Crippen molar-refractivity contribution in [1.29, 1.82) is 0 Å². The van der Waals surface area contributed by atoms with Crippen LogP contribution >= 0.6 is 0 Å². The Balaban J connectivity index is 2.28. The standard InChI is InChI=1S/C14H14O2/c1-10-2-4-11(5-3-10)14(16)12-6-8-13(15)9-7-12/h2-9,14-16H,1H3. The van der Waals surface area contributed by atoms with Crippen LogP contribution < -0.4 is 0 Å². The Morgan fingerprint density at radius 2 is 1.25 bits per heavy atom. The van der Waals surface area contributed by atoms with Crippen molar-refractivity contribution in [2.75, 3.05) is 0 Å². The van der Waals surface area contributed by atoms with Crippen LogP contribution in [0.3, 0.4) is 0 Å². The molecular formula is C14H14O2. The van der Waals surface area contributed by atoms with Gasteiger partial charge in [0.1, 0.15) is 11.9 Å². The molecule has 0 aromatic heterocycles. The van der Waals surface area contributed by atoms with Crippen LogP contribution in [-0.2, 0) is 0 Å². The number of hydrogen-bond acceptors (Lipinski definition) is 2. The van der Waals surface area contributed by atoms with Crippen LogP contribution in [-0.4, -0.2) is 10.2 Å². The summed E-state index contributed by atoms with van der Waals surface area (Å²) >= 11 is 0. The number of aliphatic hydroxyl groups excluding tert-OH is 1. The lowest BCUT2D eigenvalue weighted by Crippen LogP contribution is -1.98. The molecule has 2 aromatic rings. The fourth-order valence-corrected chi connectivity index (χ4v) is 1.60. The third-order valence-corrected chi connectivity index (χ3v) is 2.60. The predicted octanol–water partition coefficient (Wildman–Crippen LogP) is 2.78. The highest BCUT2D eigenvalue weighted by atomic mass is 16.3. The Morgan fingerprint density at radius 3 is 1.75 bits per heavy atom. The van der Waals surface area contributed by atoms with E-state index in [0.29, 0.717) is 0 Å². The first-order valence-electron chi connectivity index (χ1n) is 5.20. The predicted molar refractivity (Wildman–Crippen MR) is 63.3 cm³/mol. The number of aliphatic hydroxyl groups is 1. The highest BCUT2D eigenvalue weighted by molar-refractivity contribution is 5.34. The fourth-order valence-electron chi connectivity index (χ4n) is 1.60. The van der Waals surface area contributed by atoms with E-state index >= 15 is 0 Å². The van der Waals surface area contributed by atoms with Gasteiger partial charge in [0, 0.05) is 0 Å². The van der Waals surface area contributed by atoms with E-state index in [2.05, 4.69) is 0 Å². The monoisotopic (exact) mass is 214 g/mol. The number of rotatable bonds is 2. The first-order chi connectivity index (χ1) is 7.66. The summed E-state index contributed by atoms with van der Waals surface area (Å²) in [4.78, 5) is 0. The molecule has 1 unspecified atom stereocenters.